The molecule has 1 atom stereocenters. The van der Waals surface area contributed by atoms with Crippen LogP contribution in [0.15, 0.2) is 59.2 Å². The highest BCUT2D eigenvalue weighted by atomic mass is 16.3. The fraction of sp³-hybridized carbons (Fsp3) is 0.222. The number of rotatable bonds is 4. The summed E-state index contributed by atoms with van der Waals surface area (Å²) in [6, 6.07) is 16.9. The molecule has 102 valence electrons. The van der Waals surface area contributed by atoms with E-state index in [-0.39, 0.29) is 0 Å². The number of fused-ring (bicyclic) bond motifs is 1. The summed E-state index contributed by atoms with van der Waals surface area (Å²) in [5.74, 6) is 0.416. The standard InChI is InChI=1S/C18H19NO/c1-13(11-19)15-8-6-14(7-9-15)10-16-12-20-18-5-3-2-4-17(16)18/h2-9,12-13H,10-11,19H2,1H3. The maximum Gasteiger partial charge on any atom is 0.134 e. The first kappa shape index (κ1) is 12.9. The van der Waals surface area contributed by atoms with E-state index in [4.69, 9.17) is 10.2 Å². The predicted octanol–water partition coefficient (Wildman–Crippen LogP) is 4.09. The topological polar surface area (TPSA) is 39.2 Å². The van der Waals surface area contributed by atoms with Crippen molar-refractivity contribution in [1.29, 1.82) is 0 Å². The van der Waals surface area contributed by atoms with Crippen molar-refractivity contribution in [3.63, 3.8) is 0 Å². The van der Waals surface area contributed by atoms with Crippen molar-refractivity contribution in [2.45, 2.75) is 19.3 Å². The SMILES string of the molecule is CC(CN)c1ccc(Cc2coc3ccccc23)cc1. The summed E-state index contributed by atoms with van der Waals surface area (Å²) in [6.07, 6.45) is 2.76. The predicted molar refractivity (Wildman–Crippen MR) is 82.9 cm³/mol. The molecule has 0 saturated heterocycles. The second-order valence-corrected chi connectivity index (χ2v) is 5.31. The average molecular weight is 265 g/mol. The van der Waals surface area contributed by atoms with Crippen LogP contribution in [0.3, 0.4) is 0 Å². The molecule has 0 fully saturated rings. The Bertz CT molecular complexity index is 697. The summed E-state index contributed by atoms with van der Waals surface area (Å²) in [5, 5.41) is 1.20. The quantitative estimate of drug-likeness (QED) is 0.771. The summed E-state index contributed by atoms with van der Waals surface area (Å²) < 4.78 is 5.58. The Morgan fingerprint density at radius 3 is 2.55 bits per heavy atom. The molecule has 0 radical (unpaired) electrons. The molecule has 0 amide bonds. The summed E-state index contributed by atoms with van der Waals surface area (Å²) >= 11 is 0. The van der Waals surface area contributed by atoms with Crippen LogP contribution in [0, 0.1) is 0 Å². The summed E-state index contributed by atoms with van der Waals surface area (Å²) in [4.78, 5) is 0. The molecule has 2 heteroatoms. The number of para-hydroxylation sites is 1. The molecule has 1 heterocycles. The van der Waals surface area contributed by atoms with E-state index in [1.165, 1.54) is 22.1 Å². The van der Waals surface area contributed by atoms with Crippen LogP contribution >= 0.6 is 0 Å². The lowest BCUT2D eigenvalue weighted by atomic mass is 9.97. The van der Waals surface area contributed by atoms with Crippen molar-refractivity contribution in [2.24, 2.45) is 5.73 Å². The fourth-order valence-corrected chi connectivity index (χ4v) is 2.49. The minimum absolute atomic E-state index is 0.416. The molecule has 0 bridgehead atoms. The first-order valence-corrected chi connectivity index (χ1v) is 7.02. The van der Waals surface area contributed by atoms with E-state index in [1.54, 1.807) is 0 Å². The smallest absolute Gasteiger partial charge is 0.134 e. The maximum absolute atomic E-state index is 5.70. The Labute approximate surface area is 119 Å². The Kier molecular flexibility index (Phi) is 3.57. The summed E-state index contributed by atoms with van der Waals surface area (Å²) in [7, 11) is 0. The first-order chi connectivity index (χ1) is 9.78. The number of furan rings is 1. The zero-order chi connectivity index (χ0) is 13.9. The molecule has 3 rings (SSSR count). The molecular weight excluding hydrogens is 246 g/mol. The molecule has 20 heavy (non-hydrogen) atoms. The van der Waals surface area contributed by atoms with Crippen LogP contribution in [0.25, 0.3) is 11.0 Å². The third-order valence-corrected chi connectivity index (χ3v) is 3.86. The molecule has 0 aliphatic rings. The second-order valence-electron chi connectivity index (χ2n) is 5.31. The minimum atomic E-state index is 0.416. The normalized spacial score (nSPS) is 12.7. The van der Waals surface area contributed by atoms with Gasteiger partial charge in [0.15, 0.2) is 0 Å². The number of hydrogen-bond donors (Lipinski definition) is 1. The van der Waals surface area contributed by atoms with Gasteiger partial charge in [-0.1, -0.05) is 49.4 Å². The van der Waals surface area contributed by atoms with Crippen molar-refractivity contribution in [3.05, 3.63) is 71.5 Å². The highest BCUT2D eigenvalue weighted by Gasteiger charge is 2.07. The first-order valence-electron chi connectivity index (χ1n) is 7.02. The van der Waals surface area contributed by atoms with Gasteiger partial charge >= 0.3 is 0 Å². The van der Waals surface area contributed by atoms with Gasteiger partial charge in [0.1, 0.15) is 5.58 Å². The molecule has 0 aliphatic heterocycles. The molecule has 0 spiro atoms. The van der Waals surface area contributed by atoms with Gasteiger partial charge in [0.05, 0.1) is 6.26 Å². The Morgan fingerprint density at radius 1 is 1.05 bits per heavy atom. The molecule has 2 aromatic carbocycles. The molecule has 1 unspecified atom stereocenters. The van der Waals surface area contributed by atoms with Crippen LogP contribution in [0.5, 0.6) is 0 Å². The van der Waals surface area contributed by atoms with Gasteiger partial charge in [0.2, 0.25) is 0 Å². The van der Waals surface area contributed by atoms with Crippen LogP contribution in [-0.2, 0) is 6.42 Å². The molecule has 2 N–H and O–H groups in total. The fourth-order valence-electron chi connectivity index (χ4n) is 2.49. The zero-order valence-corrected chi connectivity index (χ0v) is 11.7. The third kappa shape index (κ3) is 2.47. The van der Waals surface area contributed by atoms with Crippen molar-refractivity contribution in [1.82, 2.24) is 0 Å². The number of benzene rings is 2. The van der Waals surface area contributed by atoms with E-state index in [9.17, 15) is 0 Å². The molecule has 1 aromatic heterocycles. The third-order valence-electron chi connectivity index (χ3n) is 3.86. The zero-order valence-electron chi connectivity index (χ0n) is 11.7. The van der Waals surface area contributed by atoms with Gasteiger partial charge in [-0.2, -0.15) is 0 Å². The Balaban J connectivity index is 1.84. The van der Waals surface area contributed by atoms with Gasteiger partial charge in [0.25, 0.3) is 0 Å². The van der Waals surface area contributed by atoms with E-state index in [0.717, 1.165) is 12.0 Å². The van der Waals surface area contributed by atoms with Gasteiger partial charge in [-0.25, -0.2) is 0 Å². The summed E-state index contributed by atoms with van der Waals surface area (Å²) in [5.41, 5.74) is 10.5. The lowest BCUT2D eigenvalue weighted by Crippen LogP contribution is -2.08. The number of nitrogens with two attached hydrogens (primary N) is 1. The molecule has 2 nitrogen and oxygen atoms in total. The molecule has 0 saturated carbocycles. The van der Waals surface area contributed by atoms with Crippen LogP contribution in [0.1, 0.15) is 29.5 Å². The van der Waals surface area contributed by atoms with E-state index in [0.29, 0.717) is 12.5 Å². The lowest BCUT2D eigenvalue weighted by molar-refractivity contribution is 0.611. The second kappa shape index (κ2) is 5.51. The average Bonchev–Trinajstić information content (AvgIpc) is 2.91. The van der Waals surface area contributed by atoms with Gasteiger partial charge in [0, 0.05) is 17.4 Å². The van der Waals surface area contributed by atoms with Crippen LogP contribution < -0.4 is 5.73 Å². The van der Waals surface area contributed by atoms with Crippen molar-refractivity contribution < 1.29 is 4.42 Å². The van der Waals surface area contributed by atoms with Crippen molar-refractivity contribution in [3.8, 4) is 0 Å². The molecular formula is C18H19NO. The van der Waals surface area contributed by atoms with Crippen LogP contribution in [0.2, 0.25) is 0 Å². The van der Waals surface area contributed by atoms with E-state index < -0.39 is 0 Å². The van der Waals surface area contributed by atoms with Crippen LogP contribution in [-0.4, -0.2) is 6.54 Å². The highest BCUT2D eigenvalue weighted by Crippen LogP contribution is 2.24. The summed E-state index contributed by atoms with van der Waals surface area (Å²) in [6.45, 7) is 2.84. The van der Waals surface area contributed by atoms with E-state index in [1.807, 2.05) is 24.5 Å². The maximum atomic E-state index is 5.70. The molecule has 0 aliphatic carbocycles. The Hall–Kier alpha value is -2.06. The highest BCUT2D eigenvalue weighted by molar-refractivity contribution is 5.81. The largest absolute Gasteiger partial charge is 0.464 e. The van der Waals surface area contributed by atoms with Crippen LogP contribution in [0.4, 0.5) is 0 Å². The van der Waals surface area contributed by atoms with Gasteiger partial charge in [-0.15, -0.1) is 0 Å². The Morgan fingerprint density at radius 2 is 1.80 bits per heavy atom. The van der Waals surface area contributed by atoms with Crippen molar-refractivity contribution in [2.75, 3.05) is 6.54 Å². The van der Waals surface area contributed by atoms with Gasteiger partial charge in [-0.05, 0) is 29.7 Å². The minimum Gasteiger partial charge on any atom is -0.464 e. The molecule has 3 aromatic rings. The lowest BCUT2D eigenvalue weighted by Gasteiger charge is -2.09. The van der Waals surface area contributed by atoms with E-state index >= 15 is 0 Å². The van der Waals surface area contributed by atoms with Crippen molar-refractivity contribution >= 4 is 11.0 Å². The van der Waals surface area contributed by atoms with Gasteiger partial charge < -0.3 is 10.2 Å². The monoisotopic (exact) mass is 265 g/mol. The number of hydrogen-bond acceptors (Lipinski definition) is 2. The van der Waals surface area contributed by atoms with Gasteiger partial charge in [-0.3, -0.25) is 0 Å². The van der Waals surface area contributed by atoms with E-state index in [2.05, 4.69) is 37.3 Å².